The molecule has 12 heteroatoms. The van der Waals surface area contributed by atoms with E-state index in [0.29, 0.717) is 37.2 Å². The molecule has 0 saturated carbocycles. The molecule has 2 bridgehead atoms. The van der Waals surface area contributed by atoms with E-state index < -0.39 is 34.7 Å². The summed E-state index contributed by atoms with van der Waals surface area (Å²) in [5.74, 6) is 0.631. The molecule has 1 aromatic carbocycles. The number of nitrogens with zero attached hydrogens (tertiary/aromatic N) is 4. The molecule has 2 unspecified atom stereocenters. The zero-order valence-electron chi connectivity index (χ0n) is 15.9. The standard InChI is InChI=1S/C18H19F6N5O/c1-29-14(25-27-28-29)15-3-2-4-16(26-15,6-5-15)30-10-11-7-12(17(19,20)21)9-13(8-11)18(22,23)24/h7-9,26H,2-6,10H2,1H3. The SMILES string of the molecule is Cn1nnnc1C12CCCC(OCc3cc(C(F)(F)F)cc(C(F)(F)F)c3)(CC1)N2. The van der Waals surface area contributed by atoms with Crippen LogP contribution in [0.25, 0.3) is 0 Å². The number of aromatic nitrogens is 4. The maximum absolute atomic E-state index is 13.1. The van der Waals surface area contributed by atoms with Gasteiger partial charge in [-0.25, -0.2) is 4.68 Å². The smallest absolute Gasteiger partial charge is 0.356 e. The Morgan fingerprint density at radius 3 is 2.23 bits per heavy atom. The molecule has 2 saturated heterocycles. The average Bonchev–Trinajstić information content (AvgIpc) is 3.20. The summed E-state index contributed by atoms with van der Waals surface area (Å²) in [6, 6.07) is 1.51. The van der Waals surface area contributed by atoms with Gasteiger partial charge in [0.25, 0.3) is 0 Å². The average molecular weight is 435 g/mol. The van der Waals surface area contributed by atoms with E-state index in [1.54, 1.807) is 11.7 Å². The van der Waals surface area contributed by atoms with Crippen molar-refractivity contribution in [3.8, 4) is 0 Å². The van der Waals surface area contributed by atoms with Gasteiger partial charge in [-0.3, -0.25) is 5.32 Å². The topological polar surface area (TPSA) is 64.9 Å². The molecular weight excluding hydrogens is 416 g/mol. The Morgan fingerprint density at radius 2 is 1.67 bits per heavy atom. The zero-order valence-corrected chi connectivity index (χ0v) is 15.9. The third-order valence-electron chi connectivity index (χ3n) is 5.82. The summed E-state index contributed by atoms with van der Waals surface area (Å²) in [6.45, 7) is -0.382. The number of ether oxygens (including phenoxy) is 1. The van der Waals surface area contributed by atoms with Crippen LogP contribution < -0.4 is 5.32 Å². The van der Waals surface area contributed by atoms with Crippen molar-refractivity contribution in [1.82, 2.24) is 25.5 Å². The first-order valence-electron chi connectivity index (χ1n) is 9.37. The number of hydrogen-bond acceptors (Lipinski definition) is 5. The summed E-state index contributed by atoms with van der Waals surface area (Å²) in [6.07, 6.45) is -6.48. The molecule has 30 heavy (non-hydrogen) atoms. The minimum Gasteiger partial charge on any atom is -0.356 e. The molecule has 0 spiro atoms. The second kappa shape index (κ2) is 6.91. The van der Waals surface area contributed by atoms with Gasteiger partial charge in [0.2, 0.25) is 0 Å². The first-order valence-corrected chi connectivity index (χ1v) is 9.37. The summed E-state index contributed by atoms with van der Waals surface area (Å²) < 4.78 is 86.0. The number of tetrazole rings is 1. The number of hydrogen-bond donors (Lipinski definition) is 1. The Labute approximate surface area is 167 Å². The molecule has 1 aromatic heterocycles. The summed E-state index contributed by atoms with van der Waals surface area (Å²) in [4.78, 5) is 0. The van der Waals surface area contributed by atoms with Crippen molar-refractivity contribution < 1.29 is 31.1 Å². The molecule has 2 aliphatic rings. The fourth-order valence-electron chi connectivity index (χ4n) is 4.45. The summed E-state index contributed by atoms with van der Waals surface area (Å²) in [5, 5.41) is 15.0. The first kappa shape index (κ1) is 21.0. The fraction of sp³-hybridized carbons (Fsp3) is 0.611. The fourth-order valence-corrected chi connectivity index (χ4v) is 4.45. The lowest BCUT2D eigenvalue weighted by Crippen LogP contribution is -2.54. The Bertz CT molecular complexity index is 910. The van der Waals surface area contributed by atoms with Crippen LogP contribution in [0, 0.1) is 0 Å². The van der Waals surface area contributed by atoms with E-state index in [9.17, 15) is 26.3 Å². The molecule has 3 heterocycles. The Hall–Kier alpha value is -2.21. The predicted molar refractivity (Wildman–Crippen MR) is 90.7 cm³/mol. The van der Waals surface area contributed by atoms with Crippen molar-refractivity contribution >= 4 is 0 Å². The van der Waals surface area contributed by atoms with Gasteiger partial charge in [0, 0.05) is 7.05 Å². The molecule has 0 aliphatic carbocycles. The lowest BCUT2D eigenvalue weighted by Gasteiger charge is -2.40. The number of benzene rings is 1. The van der Waals surface area contributed by atoms with E-state index in [1.807, 2.05) is 0 Å². The highest BCUT2D eigenvalue weighted by atomic mass is 19.4. The largest absolute Gasteiger partial charge is 0.416 e. The van der Waals surface area contributed by atoms with Crippen LogP contribution in [0.1, 0.15) is 54.6 Å². The van der Waals surface area contributed by atoms with E-state index >= 15 is 0 Å². The summed E-state index contributed by atoms with van der Waals surface area (Å²) >= 11 is 0. The van der Waals surface area contributed by atoms with Gasteiger partial charge in [0.05, 0.1) is 23.3 Å². The van der Waals surface area contributed by atoms with Crippen LogP contribution in [-0.4, -0.2) is 25.9 Å². The van der Waals surface area contributed by atoms with Gasteiger partial charge in [-0.15, -0.1) is 5.10 Å². The van der Waals surface area contributed by atoms with Crippen LogP contribution in [0.3, 0.4) is 0 Å². The highest BCUT2D eigenvalue weighted by molar-refractivity contribution is 5.33. The van der Waals surface area contributed by atoms with Crippen LogP contribution in [0.15, 0.2) is 18.2 Å². The van der Waals surface area contributed by atoms with E-state index in [4.69, 9.17) is 4.74 Å². The minimum absolute atomic E-state index is 0.113. The summed E-state index contributed by atoms with van der Waals surface area (Å²) in [7, 11) is 1.71. The number of rotatable bonds is 4. The predicted octanol–water partition coefficient (Wildman–Crippen LogP) is 3.92. The van der Waals surface area contributed by atoms with Crippen LogP contribution in [0.2, 0.25) is 0 Å². The van der Waals surface area contributed by atoms with Crippen LogP contribution >= 0.6 is 0 Å². The molecule has 164 valence electrons. The lowest BCUT2D eigenvalue weighted by atomic mass is 9.89. The number of nitrogens with one attached hydrogen (secondary N) is 1. The van der Waals surface area contributed by atoms with E-state index in [0.717, 1.165) is 12.8 Å². The molecule has 2 aliphatic heterocycles. The molecule has 2 fully saturated rings. The molecular formula is C18H19F6N5O. The number of halogens is 6. The van der Waals surface area contributed by atoms with Crippen molar-refractivity contribution in [1.29, 1.82) is 0 Å². The monoisotopic (exact) mass is 435 g/mol. The van der Waals surface area contributed by atoms with Gasteiger partial charge >= 0.3 is 12.4 Å². The molecule has 2 aromatic rings. The number of aryl methyl sites for hydroxylation is 1. The van der Waals surface area contributed by atoms with E-state index in [1.165, 1.54) is 0 Å². The maximum Gasteiger partial charge on any atom is 0.416 e. The third-order valence-corrected chi connectivity index (χ3v) is 5.82. The summed E-state index contributed by atoms with van der Waals surface area (Å²) in [5.41, 5.74) is -4.26. The van der Waals surface area contributed by atoms with Gasteiger partial charge in [0.15, 0.2) is 5.82 Å². The van der Waals surface area contributed by atoms with Crippen molar-refractivity contribution in [3.05, 3.63) is 40.7 Å². The highest BCUT2D eigenvalue weighted by Gasteiger charge is 2.54. The lowest BCUT2D eigenvalue weighted by molar-refractivity contribution is -0.143. The van der Waals surface area contributed by atoms with Gasteiger partial charge in [-0.05, 0) is 66.3 Å². The third kappa shape index (κ3) is 3.78. The van der Waals surface area contributed by atoms with Gasteiger partial charge in [-0.1, -0.05) is 0 Å². The van der Waals surface area contributed by atoms with Crippen LogP contribution in [0.5, 0.6) is 0 Å². The van der Waals surface area contributed by atoms with Gasteiger partial charge in [0.1, 0.15) is 5.72 Å². The molecule has 2 atom stereocenters. The quantitative estimate of drug-likeness (QED) is 0.738. The van der Waals surface area contributed by atoms with Crippen molar-refractivity contribution in [2.75, 3.05) is 0 Å². The molecule has 0 radical (unpaired) electrons. The second-order valence-corrected chi connectivity index (χ2v) is 7.88. The van der Waals surface area contributed by atoms with Crippen molar-refractivity contribution in [2.24, 2.45) is 7.05 Å². The second-order valence-electron chi connectivity index (χ2n) is 7.88. The highest BCUT2D eigenvalue weighted by Crippen LogP contribution is 2.48. The Morgan fingerprint density at radius 1 is 1.00 bits per heavy atom. The zero-order chi connectivity index (χ0) is 21.8. The number of piperidine rings is 1. The maximum atomic E-state index is 13.1. The molecule has 4 rings (SSSR count). The van der Waals surface area contributed by atoms with E-state index in [-0.39, 0.29) is 18.2 Å². The van der Waals surface area contributed by atoms with Gasteiger partial charge in [-0.2, -0.15) is 26.3 Å². The van der Waals surface area contributed by atoms with Crippen molar-refractivity contribution in [2.45, 2.75) is 62.3 Å². The Balaban J connectivity index is 1.57. The van der Waals surface area contributed by atoms with Crippen LogP contribution in [0.4, 0.5) is 26.3 Å². The number of alkyl halides is 6. The van der Waals surface area contributed by atoms with Gasteiger partial charge < -0.3 is 4.74 Å². The first-order chi connectivity index (χ1) is 13.9. The van der Waals surface area contributed by atoms with Crippen molar-refractivity contribution in [3.63, 3.8) is 0 Å². The minimum atomic E-state index is -4.89. The number of fused-ring (bicyclic) bond motifs is 2. The van der Waals surface area contributed by atoms with Crippen LogP contribution in [-0.2, 0) is 36.3 Å². The van der Waals surface area contributed by atoms with E-state index in [2.05, 4.69) is 20.8 Å². The Kier molecular flexibility index (Phi) is 4.84. The molecule has 1 N–H and O–H groups in total. The molecule has 0 amide bonds. The molecule has 6 nitrogen and oxygen atoms in total. The normalized spacial score (nSPS) is 26.9.